The molecule has 0 aromatic heterocycles. The number of hydrogen-bond acceptors (Lipinski definition) is 3. The molecule has 5 heteroatoms. The van der Waals surface area contributed by atoms with Gasteiger partial charge in [-0.3, -0.25) is 4.79 Å². The Balaban J connectivity index is 1.86. The van der Waals surface area contributed by atoms with E-state index in [1.807, 2.05) is 0 Å². The molecule has 110 valence electrons. The van der Waals surface area contributed by atoms with E-state index >= 15 is 0 Å². The zero-order valence-corrected chi connectivity index (χ0v) is 12.6. The van der Waals surface area contributed by atoms with Crippen LogP contribution in [0.5, 0.6) is 0 Å². The monoisotopic (exact) mass is 287 g/mol. The second-order valence-electron chi connectivity index (χ2n) is 6.13. The van der Waals surface area contributed by atoms with Crippen molar-refractivity contribution >= 4 is 15.8 Å². The van der Waals surface area contributed by atoms with E-state index < -0.39 is 10.0 Å². The van der Waals surface area contributed by atoms with Crippen molar-refractivity contribution in [2.45, 2.75) is 51.4 Å². The van der Waals surface area contributed by atoms with Crippen LogP contribution in [0.2, 0.25) is 0 Å². The van der Waals surface area contributed by atoms with Crippen LogP contribution in [0.4, 0.5) is 0 Å². The van der Waals surface area contributed by atoms with Crippen LogP contribution in [-0.4, -0.2) is 37.9 Å². The molecule has 0 aromatic rings. The summed E-state index contributed by atoms with van der Waals surface area (Å²) in [6.07, 6.45) is 9.42. The summed E-state index contributed by atoms with van der Waals surface area (Å²) >= 11 is 0. The molecule has 2 fully saturated rings. The third-order valence-corrected chi connectivity index (χ3v) is 5.77. The van der Waals surface area contributed by atoms with Crippen LogP contribution >= 0.6 is 0 Å². The molecule has 1 unspecified atom stereocenters. The summed E-state index contributed by atoms with van der Waals surface area (Å²) in [7, 11) is -3.10. The molecule has 1 saturated carbocycles. The fourth-order valence-corrected chi connectivity index (χ4v) is 4.31. The Morgan fingerprint density at radius 1 is 1.11 bits per heavy atom. The molecule has 0 amide bonds. The van der Waals surface area contributed by atoms with Gasteiger partial charge < -0.3 is 0 Å². The maximum atomic E-state index is 12.3. The third-order valence-electron chi connectivity index (χ3n) is 4.50. The van der Waals surface area contributed by atoms with E-state index in [-0.39, 0.29) is 11.8 Å². The van der Waals surface area contributed by atoms with Crippen LogP contribution in [0.15, 0.2) is 0 Å². The molecule has 1 aliphatic carbocycles. The van der Waals surface area contributed by atoms with Crippen molar-refractivity contribution in [3.8, 4) is 0 Å². The molecule has 1 saturated heterocycles. The van der Waals surface area contributed by atoms with Gasteiger partial charge in [0.1, 0.15) is 5.78 Å². The Labute approximate surface area is 116 Å². The number of piperidine rings is 1. The number of Topliss-reactive ketones (excluding diaryl/α,β-unsaturated/α-hetero) is 1. The minimum absolute atomic E-state index is 0.234. The fourth-order valence-electron chi connectivity index (χ4n) is 3.37. The van der Waals surface area contributed by atoms with Crippen LogP contribution in [0, 0.1) is 11.8 Å². The second-order valence-corrected chi connectivity index (χ2v) is 8.12. The molecule has 2 aliphatic rings. The number of carbonyl (C=O) groups excluding carboxylic acids is 1. The summed E-state index contributed by atoms with van der Waals surface area (Å²) in [6.45, 7) is 1.16. The summed E-state index contributed by atoms with van der Waals surface area (Å²) in [5.41, 5.74) is 0. The molecule has 0 N–H and O–H groups in total. The number of ketones is 1. The van der Waals surface area contributed by atoms with Gasteiger partial charge in [0.05, 0.1) is 6.26 Å². The normalized spacial score (nSPS) is 27.3. The first-order chi connectivity index (χ1) is 8.97. The van der Waals surface area contributed by atoms with Crippen LogP contribution in [0.1, 0.15) is 51.4 Å². The Hall–Kier alpha value is -0.420. The number of rotatable bonds is 4. The molecule has 0 bridgehead atoms. The molecule has 1 atom stereocenters. The zero-order valence-electron chi connectivity index (χ0n) is 11.8. The second kappa shape index (κ2) is 6.35. The third kappa shape index (κ3) is 4.28. The van der Waals surface area contributed by atoms with Crippen molar-refractivity contribution in [3.63, 3.8) is 0 Å². The summed E-state index contributed by atoms with van der Waals surface area (Å²) in [4.78, 5) is 12.3. The van der Waals surface area contributed by atoms with Gasteiger partial charge in [-0.15, -0.1) is 0 Å². The summed E-state index contributed by atoms with van der Waals surface area (Å²) in [5.74, 6) is 0.861. The first-order valence-corrected chi connectivity index (χ1v) is 9.29. The Bertz CT molecular complexity index is 412. The number of nitrogens with zero attached hydrogens (tertiary/aromatic N) is 1. The van der Waals surface area contributed by atoms with Crippen LogP contribution in [-0.2, 0) is 14.8 Å². The molecular weight excluding hydrogens is 262 g/mol. The summed E-state index contributed by atoms with van der Waals surface area (Å²) < 4.78 is 24.7. The summed E-state index contributed by atoms with van der Waals surface area (Å²) in [5, 5.41) is 0. The zero-order chi connectivity index (χ0) is 13.9. The first kappa shape index (κ1) is 15.0. The van der Waals surface area contributed by atoms with Crippen molar-refractivity contribution in [1.29, 1.82) is 0 Å². The SMILES string of the molecule is CS(=O)(=O)N1CCCC(CC(=O)C2CCCCC2)C1. The molecule has 0 radical (unpaired) electrons. The summed E-state index contributed by atoms with van der Waals surface area (Å²) in [6, 6.07) is 0. The molecule has 4 nitrogen and oxygen atoms in total. The molecule has 2 rings (SSSR count). The lowest BCUT2D eigenvalue weighted by Gasteiger charge is -2.31. The maximum Gasteiger partial charge on any atom is 0.211 e. The van der Waals surface area contributed by atoms with Gasteiger partial charge in [0.25, 0.3) is 0 Å². The van der Waals surface area contributed by atoms with E-state index in [1.165, 1.54) is 29.8 Å². The largest absolute Gasteiger partial charge is 0.299 e. The van der Waals surface area contributed by atoms with E-state index in [1.54, 1.807) is 0 Å². The van der Waals surface area contributed by atoms with Crippen LogP contribution < -0.4 is 0 Å². The van der Waals surface area contributed by atoms with Gasteiger partial charge >= 0.3 is 0 Å². The van der Waals surface area contributed by atoms with Gasteiger partial charge in [0.15, 0.2) is 0 Å². The van der Waals surface area contributed by atoms with Gasteiger partial charge in [-0.1, -0.05) is 19.3 Å². The average Bonchev–Trinajstić information content (AvgIpc) is 2.39. The van der Waals surface area contributed by atoms with Gasteiger partial charge in [-0.05, 0) is 31.6 Å². The highest BCUT2D eigenvalue weighted by Gasteiger charge is 2.29. The van der Waals surface area contributed by atoms with E-state index in [9.17, 15) is 13.2 Å². The van der Waals surface area contributed by atoms with Crippen LogP contribution in [0.3, 0.4) is 0 Å². The predicted molar refractivity (Wildman–Crippen MR) is 75.3 cm³/mol. The Kier molecular flexibility index (Phi) is 5.01. The standard InChI is InChI=1S/C14H25NO3S/c1-19(17,18)15-9-5-6-12(11-15)10-14(16)13-7-3-2-4-8-13/h12-13H,2-11H2,1H3. The van der Waals surface area contributed by atoms with E-state index in [0.717, 1.165) is 25.7 Å². The number of sulfonamides is 1. The van der Waals surface area contributed by atoms with Crippen molar-refractivity contribution in [2.75, 3.05) is 19.3 Å². The van der Waals surface area contributed by atoms with Gasteiger partial charge in [-0.25, -0.2) is 12.7 Å². The minimum atomic E-state index is -3.10. The molecule has 19 heavy (non-hydrogen) atoms. The quantitative estimate of drug-likeness (QED) is 0.796. The predicted octanol–water partition coefficient (Wildman–Crippen LogP) is 2.20. The van der Waals surface area contributed by atoms with Gasteiger partial charge in [0, 0.05) is 25.4 Å². The Morgan fingerprint density at radius 2 is 1.79 bits per heavy atom. The van der Waals surface area contributed by atoms with Crippen molar-refractivity contribution in [2.24, 2.45) is 11.8 Å². The molecule has 0 aromatic carbocycles. The van der Waals surface area contributed by atoms with E-state index in [0.29, 0.717) is 25.3 Å². The highest BCUT2D eigenvalue weighted by atomic mass is 32.2. The molecular formula is C14H25NO3S. The topological polar surface area (TPSA) is 54.5 Å². The molecule has 1 heterocycles. The number of hydrogen-bond donors (Lipinski definition) is 0. The lowest BCUT2D eigenvalue weighted by molar-refractivity contribution is -0.125. The van der Waals surface area contributed by atoms with Crippen LogP contribution in [0.25, 0.3) is 0 Å². The first-order valence-electron chi connectivity index (χ1n) is 7.44. The number of carbonyl (C=O) groups is 1. The van der Waals surface area contributed by atoms with Crippen molar-refractivity contribution < 1.29 is 13.2 Å². The highest BCUT2D eigenvalue weighted by Crippen LogP contribution is 2.29. The smallest absolute Gasteiger partial charge is 0.211 e. The van der Waals surface area contributed by atoms with E-state index in [4.69, 9.17) is 0 Å². The molecule has 0 spiro atoms. The lowest BCUT2D eigenvalue weighted by atomic mass is 9.82. The fraction of sp³-hybridized carbons (Fsp3) is 0.929. The van der Waals surface area contributed by atoms with E-state index in [2.05, 4.69) is 0 Å². The minimum Gasteiger partial charge on any atom is -0.299 e. The van der Waals surface area contributed by atoms with Crippen molar-refractivity contribution in [3.05, 3.63) is 0 Å². The maximum absolute atomic E-state index is 12.3. The Morgan fingerprint density at radius 3 is 2.42 bits per heavy atom. The van der Waals surface area contributed by atoms with Crippen molar-refractivity contribution in [1.82, 2.24) is 4.31 Å². The van der Waals surface area contributed by atoms with Gasteiger partial charge in [-0.2, -0.15) is 0 Å². The highest BCUT2D eigenvalue weighted by molar-refractivity contribution is 7.88. The lowest BCUT2D eigenvalue weighted by Crippen LogP contribution is -2.40. The van der Waals surface area contributed by atoms with Gasteiger partial charge in [0.2, 0.25) is 10.0 Å². The molecule has 1 aliphatic heterocycles. The average molecular weight is 287 g/mol.